The fraction of sp³-hybridized carbons (Fsp3) is 0.556. The standard InChI is InChI=1S/C27H37N3O4S/c1-18-8-12-29(13-9-18)27(31)23-10-14-30(15-11-23)35(32,33)26-22(5)28-34-25(26)7-6-24-20(3)16-19(2)17-21(24)4/h6-7,16-18,23H,8-15H2,1-5H3. The molecule has 1 aromatic carbocycles. The number of aromatic nitrogens is 1. The molecule has 0 unspecified atom stereocenters. The maximum absolute atomic E-state index is 13.6. The Morgan fingerprint density at radius 3 is 2.17 bits per heavy atom. The van der Waals surface area contributed by atoms with Crippen molar-refractivity contribution in [2.24, 2.45) is 11.8 Å². The minimum absolute atomic E-state index is 0.106. The van der Waals surface area contributed by atoms with Gasteiger partial charge in [0.2, 0.25) is 15.9 Å². The molecular weight excluding hydrogens is 462 g/mol. The van der Waals surface area contributed by atoms with Gasteiger partial charge in [0.25, 0.3) is 0 Å². The van der Waals surface area contributed by atoms with Gasteiger partial charge >= 0.3 is 0 Å². The Morgan fingerprint density at radius 2 is 1.57 bits per heavy atom. The van der Waals surface area contributed by atoms with E-state index in [0.717, 1.165) is 42.6 Å². The van der Waals surface area contributed by atoms with E-state index in [2.05, 4.69) is 31.1 Å². The Morgan fingerprint density at radius 1 is 0.971 bits per heavy atom. The summed E-state index contributed by atoms with van der Waals surface area (Å²) in [7, 11) is -3.79. The van der Waals surface area contributed by atoms with Crippen LogP contribution in [0.25, 0.3) is 12.2 Å². The summed E-state index contributed by atoms with van der Waals surface area (Å²) in [6.07, 6.45) is 6.77. The van der Waals surface area contributed by atoms with E-state index < -0.39 is 10.0 Å². The van der Waals surface area contributed by atoms with Crippen molar-refractivity contribution in [2.75, 3.05) is 26.2 Å². The number of amides is 1. The molecule has 0 N–H and O–H groups in total. The first-order chi connectivity index (χ1) is 16.6. The van der Waals surface area contributed by atoms with Crippen molar-refractivity contribution < 1.29 is 17.7 Å². The van der Waals surface area contributed by atoms with E-state index >= 15 is 0 Å². The molecule has 2 aliphatic rings. The molecule has 2 saturated heterocycles. The minimum atomic E-state index is -3.79. The number of rotatable bonds is 5. The molecule has 0 atom stereocenters. The van der Waals surface area contributed by atoms with Gasteiger partial charge in [0.1, 0.15) is 5.69 Å². The fourth-order valence-corrected chi connectivity index (χ4v) is 7.09. The Hall–Kier alpha value is -2.45. The number of likely N-dealkylation sites (tertiary alicyclic amines) is 1. The topological polar surface area (TPSA) is 83.7 Å². The second-order valence-corrected chi connectivity index (χ2v) is 12.2. The quantitative estimate of drug-likeness (QED) is 0.593. The molecule has 2 aromatic rings. The summed E-state index contributed by atoms with van der Waals surface area (Å²) in [5, 5.41) is 3.97. The van der Waals surface area contributed by atoms with Crippen molar-refractivity contribution >= 4 is 28.1 Å². The summed E-state index contributed by atoms with van der Waals surface area (Å²) < 4.78 is 34.1. The number of piperidine rings is 2. The van der Waals surface area contributed by atoms with Crippen molar-refractivity contribution in [1.29, 1.82) is 0 Å². The highest BCUT2D eigenvalue weighted by molar-refractivity contribution is 7.89. The van der Waals surface area contributed by atoms with Crippen molar-refractivity contribution in [3.63, 3.8) is 0 Å². The summed E-state index contributed by atoms with van der Waals surface area (Å²) >= 11 is 0. The van der Waals surface area contributed by atoms with Crippen molar-refractivity contribution in [1.82, 2.24) is 14.4 Å². The van der Waals surface area contributed by atoms with Crippen LogP contribution in [0.2, 0.25) is 0 Å². The van der Waals surface area contributed by atoms with Crippen LogP contribution >= 0.6 is 0 Å². The van der Waals surface area contributed by atoms with E-state index in [-0.39, 0.29) is 22.5 Å². The Labute approximate surface area is 209 Å². The van der Waals surface area contributed by atoms with Gasteiger partial charge in [0, 0.05) is 32.1 Å². The van der Waals surface area contributed by atoms with Gasteiger partial charge in [-0.25, -0.2) is 8.42 Å². The van der Waals surface area contributed by atoms with E-state index in [9.17, 15) is 13.2 Å². The van der Waals surface area contributed by atoms with E-state index in [4.69, 9.17) is 4.52 Å². The highest BCUT2D eigenvalue weighted by Gasteiger charge is 2.37. The molecule has 8 heteroatoms. The normalized spacial score (nSPS) is 19.1. The predicted molar refractivity (Wildman–Crippen MR) is 137 cm³/mol. The third-order valence-electron chi connectivity index (χ3n) is 7.47. The summed E-state index contributed by atoms with van der Waals surface area (Å²) in [5.41, 5.74) is 4.82. The number of hydrogen-bond acceptors (Lipinski definition) is 5. The lowest BCUT2D eigenvalue weighted by Crippen LogP contribution is -2.46. The average molecular weight is 500 g/mol. The van der Waals surface area contributed by atoms with Gasteiger partial charge in [-0.05, 0) is 82.1 Å². The predicted octanol–water partition coefficient (Wildman–Crippen LogP) is 4.74. The molecule has 190 valence electrons. The van der Waals surface area contributed by atoms with Gasteiger partial charge in [-0.1, -0.05) is 35.9 Å². The van der Waals surface area contributed by atoms with Crippen LogP contribution in [0, 0.1) is 39.5 Å². The molecule has 0 bridgehead atoms. The van der Waals surface area contributed by atoms with Crippen molar-refractivity contribution in [3.8, 4) is 0 Å². The second-order valence-electron chi connectivity index (χ2n) is 10.3. The first-order valence-corrected chi connectivity index (χ1v) is 14.0. The number of carbonyl (C=O) groups excluding carboxylic acids is 1. The second kappa shape index (κ2) is 10.3. The molecule has 3 heterocycles. The molecule has 1 amide bonds. The maximum atomic E-state index is 13.6. The first-order valence-electron chi connectivity index (χ1n) is 12.6. The van der Waals surface area contributed by atoms with Gasteiger partial charge in [-0.3, -0.25) is 4.79 Å². The number of carbonyl (C=O) groups is 1. The fourth-order valence-electron chi connectivity index (χ4n) is 5.37. The van der Waals surface area contributed by atoms with Crippen LogP contribution in [0.5, 0.6) is 0 Å². The summed E-state index contributed by atoms with van der Waals surface area (Å²) in [5.74, 6) is 0.982. The molecule has 4 rings (SSSR count). The van der Waals surface area contributed by atoms with E-state index in [0.29, 0.717) is 37.5 Å². The zero-order chi connectivity index (χ0) is 25.3. The lowest BCUT2D eigenvalue weighted by Gasteiger charge is -2.36. The average Bonchev–Trinajstić information content (AvgIpc) is 3.19. The minimum Gasteiger partial charge on any atom is -0.355 e. The van der Waals surface area contributed by atoms with Crippen LogP contribution < -0.4 is 0 Å². The summed E-state index contributed by atoms with van der Waals surface area (Å²) in [6.45, 7) is 12.3. The van der Waals surface area contributed by atoms with E-state index in [1.54, 1.807) is 13.0 Å². The molecule has 2 aliphatic heterocycles. The zero-order valence-corrected chi connectivity index (χ0v) is 22.3. The molecule has 0 aliphatic carbocycles. The smallest absolute Gasteiger partial charge is 0.248 e. The van der Waals surface area contributed by atoms with Gasteiger partial charge in [-0.15, -0.1) is 0 Å². The lowest BCUT2D eigenvalue weighted by atomic mass is 9.93. The zero-order valence-electron chi connectivity index (χ0n) is 21.5. The van der Waals surface area contributed by atoms with Crippen LogP contribution in [0.4, 0.5) is 0 Å². The van der Waals surface area contributed by atoms with Crippen molar-refractivity contribution in [2.45, 2.75) is 65.2 Å². The Balaban J connectivity index is 1.48. The molecule has 2 fully saturated rings. The molecule has 7 nitrogen and oxygen atoms in total. The molecule has 1 aromatic heterocycles. The molecule has 0 radical (unpaired) electrons. The summed E-state index contributed by atoms with van der Waals surface area (Å²) in [4.78, 5) is 15.1. The van der Waals surface area contributed by atoms with Crippen LogP contribution in [0.3, 0.4) is 0 Å². The number of nitrogens with zero attached hydrogens (tertiary/aromatic N) is 3. The Bertz CT molecular complexity index is 1190. The van der Waals surface area contributed by atoms with Crippen LogP contribution in [-0.4, -0.2) is 54.9 Å². The van der Waals surface area contributed by atoms with Crippen molar-refractivity contribution in [3.05, 3.63) is 45.8 Å². The maximum Gasteiger partial charge on any atom is 0.248 e. The third kappa shape index (κ3) is 5.38. The number of sulfonamides is 1. The number of aryl methyl sites for hydroxylation is 4. The van der Waals surface area contributed by atoms with Crippen LogP contribution in [0.15, 0.2) is 21.6 Å². The third-order valence-corrected chi connectivity index (χ3v) is 9.53. The van der Waals surface area contributed by atoms with E-state index in [1.807, 2.05) is 24.8 Å². The lowest BCUT2D eigenvalue weighted by molar-refractivity contribution is -0.138. The molecule has 0 saturated carbocycles. The number of benzene rings is 1. The first kappa shape index (κ1) is 25.6. The van der Waals surface area contributed by atoms with Gasteiger partial charge < -0.3 is 9.42 Å². The van der Waals surface area contributed by atoms with E-state index in [1.165, 1.54) is 9.87 Å². The molecule has 0 spiro atoms. The molecule has 35 heavy (non-hydrogen) atoms. The van der Waals surface area contributed by atoms with Crippen LogP contribution in [-0.2, 0) is 14.8 Å². The van der Waals surface area contributed by atoms with Crippen LogP contribution in [0.1, 0.15) is 66.3 Å². The van der Waals surface area contributed by atoms with Gasteiger partial charge in [0.05, 0.1) is 0 Å². The monoisotopic (exact) mass is 499 g/mol. The van der Waals surface area contributed by atoms with Gasteiger partial charge in [-0.2, -0.15) is 4.31 Å². The number of hydrogen-bond donors (Lipinski definition) is 0. The largest absolute Gasteiger partial charge is 0.355 e. The Kier molecular flexibility index (Phi) is 7.52. The SMILES string of the molecule is Cc1cc(C)c(C=Cc2onc(C)c2S(=O)(=O)N2CCC(C(=O)N3CCC(C)CC3)CC2)c(C)c1. The van der Waals surface area contributed by atoms with Gasteiger partial charge in [0.15, 0.2) is 10.7 Å². The summed E-state index contributed by atoms with van der Waals surface area (Å²) in [6, 6.07) is 4.21. The molecular formula is C27H37N3O4S. The highest BCUT2D eigenvalue weighted by atomic mass is 32.2. The highest BCUT2D eigenvalue weighted by Crippen LogP contribution is 2.31.